The first-order valence-corrected chi connectivity index (χ1v) is 7.59. The topological polar surface area (TPSA) is 21.3 Å². The molecule has 0 spiro atoms. The lowest BCUT2D eigenvalue weighted by atomic mass is 9.94. The van der Waals surface area contributed by atoms with Gasteiger partial charge in [0.05, 0.1) is 12.2 Å². The Hall–Kier alpha value is -0.860. The van der Waals surface area contributed by atoms with E-state index in [0.717, 1.165) is 13.1 Å². The first-order valence-electron chi connectivity index (χ1n) is 7.59. The average Bonchev–Trinajstić information content (AvgIpc) is 2.44. The molecule has 1 fully saturated rings. The fraction of sp³-hybridized carbons (Fsp3) is 0.647. The largest absolute Gasteiger partial charge is 0.367 e. The van der Waals surface area contributed by atoms with Crippen LogP contribution in [0.2, 0.25) is 0 Å². The summed E-state index contributed by atoms with van der Waals surface area (Å²) in [6.45, 7) is 10.8. The van der Waals surface area contributed by atoms with E-state index >= 15 is 0 Å². The number of hydrogen-bond donors (Lipinski definition) is 1. The SMILES string of the molecule is CCC(CC)C1CNCC(c2ccc(C)c(C)c2)O1. The zero-order valence-corrected chi connectivity index (χ0v) is 12.7. The van der Waals surface area contributed by atoms with E-state index in [-0.39, 0.29) is 6.10 Å². The predicted octanol–water partition coefficient (Wildman–Crippen LogP) is 3.77. The van der Waals surface area contributed by atoms with Crippen molar-refractivity contribution < 1.29 is 4.74 Å². The molecule has 0 saturated carbocycles. The zero-order valence-electron chi connectivity index (χ0n) is 12.7. The van der Waals surface area contributed by atoms with E-state index in [1.165, 1.54) is 29.5 Å². The maximum absolute atomic E-state index is 6.35. The highest BCUT2D eigenvalue weighted by Gasteiger charge is 2.27. The van der Waals surface area contributed by atoms with Crippen molar-refractivity contribution >= 4 is 0 Å². The van der Waals surface area contributed by atoms with Crippen molar-refractivity contribution in [2.75, 3.05) is 13.1 Å². The summed E-state index contributed by atoms with van der Waals surface area (Å²) < 4.78 is 6.35. The minimum Gasteiger partial charge on any atom is -0.367 e. The molecule has 2 heteroatoms. The van der Waals surface area contributed by atoms with Gasteiger partial charge in [0, 0.05) is 13.1 Å². The van der Waals surface area contributed by atoms with Gasteiger partial charge in [-0.1, -0.05) is 44.9 Å². The van der Waals surface area contributed by atoms with Crippen LogP contribution < -0.4 is 5.32 Å². The highest BCUT2D eigenvalue weighted by molar-refractivity contribution is 5.31. The summed E-state index contributed by atoms with van der Waals surface area (Å²) in [6, 6.07) is 6.69. The van der Waals surface area contributed by atoms with E-state index in [2.05, 4.69) is 51.2 Å². The third-order valence-electron chi connectivity index (χ3n) is 4.49. The van der Waals surface area contributed by atoms with Crippen LogP contribution in [0.4, 0.5) is 0 Å². The molecule has 2 rings (SSSR count). The van der Waals surface area contributed by atoms with Crippen molar-refractivity contribution in [3.05, 3.63) is 34.9 Å². The normalized spacial score (nSPS) is 23.8. The Morgan fingerprint density at radius 2 is 1.89 bits per heavy atom. The molecule has 1 aromatic rings. The lowest BCUT2D eigenvalue weighted by Crippen LogP contribution is -2.44. The molecule has 2 nitrogen and oxygen atoms in total. The van der Waals surface area contributed by atoms with E-state index in [1.807, 2.05) is 0 Å². The summed E-state index contributed by atoms with van der Waals surface area (Å²) in [5.41, 5.74) is 4.01. The fourth-order valence-electron chi connectivity index (χ4n) is 2.92. The summed E-state index contributed by atoms with van der Waals surface area (Å²) in [4.78, 5) is 0. The minimum atomic E-state index is 0.207. The summed E-state index contributed by atoms with van der Waals surface area (Å²) >= 11 is 0. The van der Waals surface area contributed by atoms with Crippen LogP contribution in [-0.4, -0.2) is 19.2 Å². The third-order valence-corrected chi connectivity index (χ3v) is 4.49. The van der Waals surface area contributed by atoms with E-state index < -0.39 is 0 Å². The summed E-state index contributed by atoms with van der Waals surface area (Å²) in [5.74, 6) is 0.668. The molecule has 19 heavy (non-hydrogen) atoms. The molecule has 0 aromatic heterocycles. The van der Waals surface area contributed by atoms with Gasteiger partial charge in [-0.15, -0.1) is 0 Å². The molecule has 106 valence electrons. The third kappa shape index (κ3) is 3.37. The van der Waals surface area contributed by atoms with Crippen LogP contribution in [0.25, 0.3) is 0 Å². The first kappa shape index (κ1) is 14.5. The second kappa shape index (κ2) is 6.53. The molecule has 2 unspecified atom stereocenters. The molecule has 1 aliphatic heterocycles. The maximum atomic E-state index is 6.35. The van der Waals surface area contributed by atoms with Gasteiger partial charge >= 0.3 is 0 Å². The molecular weight excluding hydrogens is 234 g/mol. The van der Waals surface area contributed by atoms with Gasteiger partial charge in [0.15, 0.2) is 0 Å². The molecule has 0 amide bonds. The van der Waals surface area contributed by atoms with Gasteiger partial charge in [0.2, 0.25) is 0 Å². The Kier molecular flexibility index (Phi) is 5.00. The standard InChI is InChI=1S/C17H27NO/c1-5-14(6-2)16-10-18-11-17(19-16)15-8-7-12(3)13(4)9-15/h7-9,14,16-18H,5-6,10-11H2,1-4H3. The van der Waals surface area contributed by atoms with Gasteiger partial charge in [-0.25, -0.2) is 0 Å². The lowest BCUT2D eigenvalue weighted by molar-refractivity contribution is -0.0688. The van der Waals surface area contributed by atoms with Crippen LogP contribution >= 0.6 is 0 Å². The van der Waals surface area contributed by atoms with Crippen LogP contribution in [0.15, 0.2) is 18.2 Å². The predicted molar refractivity (Wildman–Crippen MR) is 80.5 cm³/mol. The maximum Gasteiger partial charge on any atom is 0.0953 e. The smallest absolute Gasteiger partial charge is 0.0953 e. The van der Waals surface area contributed by atoms with Crippen molar-refractivity contribution in [3.63, 3.8) is 0 Å². The van der Waals surface area contributed by atoms with Crippen LogP contribution in [-0.2, 0) is 4.74 Å². The van der Waals surface area contributed by atoms with Gasteiger partial charge < -0.3 is 10.1 Å². The minimum absolute atomic E-state index is 0.207. The number of morpholine rings is 1. The van der Waals surface area contributed by atoms with Crippen molar-refractivity contribution in [1.82, 2.24) is 5.32 Å². The van der Waals surface area contributed by atoms with Gasteiger partial charge in [0.1, 0.15) is 0 Å². The molecule has 1 aliphatic rings. The van der Waals surface area contributed by atoms with Gasteiger partial charge in [0.25, 0.3) is 0 Å². The number of ether oxygens (including phenoxy) is 1. The molecule has 0 aliphatic carbocycles. The molecule has 1 saturated heterocycles. The molecule has 0 bridgehead atoms. The number of rotatable bonds is 4. The van der Waals surface area contributed by atoms with Crippen molar-refractivity contribution in [2.24, 2.45) is 5.92 Å². The van der Waals surface area contributed by atoms with Crippen LogP contribution in [0.5, 0.6) is 0 Å². The van der Waals surface area contributed by atoms with E-state index in [9.17, 15) is 0 Å². The van der Waals surface area contributed by atoms with E-state index in [4.69, 9.17) is 4.74 Å². The summed E-state index contributed by atoms with van der Waals surface area (Å²) in [7, 11) is 0. The Bertz CT molecular complexity index is 412. The Labute approximate surface area is 117 Å². The highest BCUT2D eigenvalue weighted by atomic mass is 16.5. The van der Waals surface area contributed by atoms with Crippen molar-refractivity contribution in [2.45, 2.75) is 52.7 Å². The van der Waals surface area contributed by atoms with Crippen LogP contribution in [0.1, 0.15) is 49.5 Å². The molecule has 1 aromatic carbocycles. The van der Waals surface area contributed by atoms with Crippen molar-refractivity contribution in [3.8, 4) is 0 Å². The van der Waals surface area contributed by atoms with Crippen molar-refractivity contribution in [1.29, 1.82) is 0 Å². The summed E-state index contributed by atoms with van der Waals surface area (Å²) in [5, 5.41) is 3.54. The highest BCUT2D eigenvalue weighted by Crippen LogP contribution is 2.28. The Balaban J connectivity index is 2.10. The van der Waals surface area contributed by atoms with Gasteiger partial charge in [-0.05, 0) is 36.5 Å². The molecule has 2 atom stereocenters. The van der Waals surface area contributed by atoms with Gasteiger partial charge in [-0.2, -0.15) is 0 Å². The van der Waals surface area contributed by atoms with Crippen LogP contribution in [0.3, 0.4) is 0 Å². The van der Waals surface area contributed by atoms with E-state index in [1.54, 1.807) is 0 Å². The second-order valence-corrected chi connectivity index (χ2v) is 5.74. The molecule has 0 radical (unpaired) electrons. The fourth-order valence-corrected chi connectivity index (χ4v) is 2.92. The zero-order chi connectivity index (χ0) is 13.8. The molecule has 1 N–H and O–H groups in total. The molecular formula is C17H27NO. The number of nitrogens with one attached hydrogen (secondary N) is 1. The monoisotopic (exact) mass is 261 g/mol. The Morgan fingerprint density at radius 1 is 1.16 bits per heavy atom. The quantitative estimate of drug-likeness (QED) is 0.891. The summed E-state index contributed by atoms with van der Waals surface area (Å²) in [6.07, 6.45) is 2.96. The number of hydrogen-bond acceptors (Lipinski definition) is 2. The van der Waals surface area contributed by atoms with Gasteiger partial charge in [-0.3, -0.25) is 0 Å². The first-order chi connectivity index (χ1) is 9.15. The van der Waals surface area contributed by atoms with Crippen LogP contribution in [0, 0.1) is 19.8 Å². The number of benzene rings is 1. The molecule has 1 heterocycles. The number of aryl methyl sites for hydroxylation is 2. The average molecular weight is 261 g/mol. The second-order valence-electron chi connectivity index (χ2n) is 5.74. The Morgan fingerprint density at radius 3 is 2.53 bits per heavy atom. The lowest BCUT2D eigenvalue weighted by Gasteiger charge is -2.35. The van der Waals surface area contributed by atoms with E-state index in [0.29, 0.717) is 12.0 Å².